The van der Waals surface area contributed by atoms with Crippen LogP contribution in [-0.4, -0.2) is 23.7 Å². The summed E-state index contributed by atoms with van der Waals surface area (Å²) in [5.74, 6) is 0.173. The fourth-order valence-electron chi connectivity index (χ4n) is 2.88. The number of benzene rings is 2. The van der Waals surface area contributed by atoms with Crippen molar-refractivity contribution in [3.8, 4) is 10.4 Å². The van der Waals surface area contributed by atoms with Crippen molar-refractivity contribution in [3.05, 3.63) is 60.2 Å². The van der Waals surface area contributed by atoms with Gasteiger partial charge in [0.1, 0.15) is 0 Å². The minimum Gasteiger partial charge on any atom is -0.303 e. The Morgan fingerprint density at radius 1 is 1.08 bits per heavy atom. The number of nitrogens with one attached hydrogen (secondary N) is 1. The average molecular weight is 350 g/mol. The summed E-state index contributed by atoms with van der Waals surface area (Å²) < 4.78 is 1.26. The van der Waals surface area contributed by atoms with Crippen LogP contribution in [0.4, 0.5) is 0 Å². The van der Waals surface area contributed by atoms with Crippen molar-refractivity contribution in [3.63, 3.8) is 0 Å². The lowest BCUT2D eigenvalue weighted by molar-refractivity contribution is -0.131. The Balaban J connectivity index is 2.01. The Morgan fingerprint density at radius 2 is 1.80 bits per heavy atom. The summed E-state index contributed by atoms with van der Waals surface area (Å²) in [6, 6.07) is 18.7. The van der Waals surface area contributed by atoms with Crippen LogP contribution in [0, 0.1) is 5.41 Å². The van der Waals surface area contributed by atoms with Crippen molar-refractivity contribution < 1.29 is 4.79 Å². The van der Waals surface area contributed by atoms with Crippen molar-refractivity contribution in [2.45, 2.75) is 26.2 Å². The number of carbonyl (C=O) groups is 1. The van der Waals surface area contributed by atoms with Crippen LogP contribution in [0.2, 0.25) is 0 Å². The molecule has 0 bridgehead atoms. The van der Waals surface area contributed by atoms with E-state index in [1.54, 1.807) is 25.3 Å². The second kappa shape index (κ2) is 6.45. The van der Waals surface area contributed by atoms with Crippen LogP contribution in [0.15, 0.2) is 54.6 Å². The van der Waals surface area contributed by atoms with Gasteiger partial charge in [0.15, 0.2) is 0 Å². The largest absolute Gasteiger partial charge is 0.303 e. The minimum atomic E-state index is -0.691. The lowest BCUT2D eigenvalue weighted by atomic mass is 9.82. The standard InChI is InChI=1S/C21H22N2OS/c1-14(22)23(4)20(24)21(2,3)17-10-7-9-15(12-17)19-13-16-8-5-6-11-18(16)25-19/h5-13,22H,1-4H3. The molecule has 128 valence electrons. The number of nitrogens with zero attached hydrogens (tertiary/aromatic N) is 1. The molecule has 0 atom stereocenters. The highest BCUT2D eigenvalue weighted by molar-refractivity contribution is 7.22. The Labute approximate surface area is 152 Å². The Bertz CT molecular complexity index is 922. The summed E-state index contributed by atoms with van der Waals surface area (Å²) in [5, 5.41) is 8.96. The molecular weight excluding hydrogens is 328 g/mol. The van der Waals surface area contributed by atoms with Gasteiger partial charge in [0, 0.05) is 16.6 Å². The highest BCUT2D eigenvalue weighted by Crippen LogP contribution is 2.35. The lowest BCUT2D eigenvalue weighted by Gasteiger charge is -2.29. The topological polar surface area (TPSA) is 44.2 Å². The molecule has 0 unspecified atom stereocenters. The van der Waals surface area contributed by atoms with Gasteiger partial charge in [-0.05, 0) is 55.5 Å². The van der Waals surface area contributed by atoms with E-state index in [4.69, 9.17) is 5.41 Å². The van der Waals surface area contributed by atoms with Crippen LogP contribution in [0.1, 0.15) is 26.3 Å². The number of hydrogen-bond acceptors (Lipinski definition) is 3. The van der Waals surface area contributed by atoms with E-state index < -0.39 is 5.41 Å². The predicted molar refractivity (Wildman–Crippen MR) is 106 cm³/mol. The molecular formula is C21H22N2OS. The molecule has 0 aliphatic rings. The molecule has 0 aliphatic carbocycles. The molecule has 0 saturated heterocycles. The molecule has 3 aromatic rings. The summed E-state index contributed by atoms with van der Waals surface area (Å²) in [4.78, 5) is 15.4. The van der Waals surface area contributed by atoms with E-state index in [0.29, 0.717) is 0 Å². The smallest absolute Gasteiger partial charge is 0.237 e. The molecule has 1 aromatic heterocycles. The quantitative estimate of drug-likeness (QED) is 0.505. The summed E-state index contributed by atoms with van der Waals surface area (Å²) in [6.45, 7) is 5.46. The number of amidine groups is 1. The van der Waals surface area contributed by atoms with Gasteiger partial charge in [0.2, 0.25) is 5.91 Å². The first-order chi connectivity index (χ1) is 11.8. The summed E-state index contributed by atoms with van der Waals surface area (Å²) in [5.41, 5.74) is 1.39. The van der Waals surface area contributed by atoms with E-state index in [0.717, 1.165) is 11.1 Å². The maximum Gasteiger partial charge on any atom is 0.237 e. The third-order valence-electron chi connectivity index (χ3n) is 4.64. The first kappa shape index (κ1) is 17.4. The van der Waals surface area contributed by atoms with E-state index in [-0.39, 0.29) is 11.7 Å². The molecule has 3 rings (SSSR count). The van der Waals surface area contributed by atoms with E-state index >= 15 is 0 Å². The SMILES string of the molecule is CC(=N)N(C)C(=O)C(C)(C)c1cccc(-c2cc3ccccc3s2)c1. The van der Waals surface area contributed by atoms with E-state index in [9.17, 15) is 4.79 Å². The van der Waals surface area contributed by atoms with Gasteiger partial charge < -0.3 is 4.90 Å². The van der Waals surface area contributed by atoms with Gasteiger partial charge in [0.25, 0.3) is 0 Å². The van der Waals surface area contributed by atoms with Crippen LogP contribution < -0.4 is 0 Å². The van der Waals surface area contributed by atoms with Crippen molar-refractivity contribution >= 4 is 33.2 Å². The summed E-state index contributed by atoms with van der Waals surface area (Å²) in [7, 11) is 1.66. The number of rotatable bonds is 3. The zero-order valence-electron chi connectivity index (χ0n) is 15.0. The van der Waals surface area contributed by atoms with Gasteiger partial charge in [-0.1, -0.05) is 36.4 Å². The third kappa shape index (κ3) is 3.22. The molecule has 2 aromatic carbocycles. The maximum atomic E-state index is 12.8. The molecule has 0 radical (unpaired) electrons. The molecule has 1 heterocycles. The Morgan fingerprint density at radius 3 is 2.48 bits per heavy atom. The minimum absolute atomic E-state index is 0.0755. The molecule has 1 amide bonds. The van der Waals surface area contributed by atoms with Crippen molar-refractivity contribution in [2.24, 2.45) is 0 Å². The van der Waals surface area contributed by atoms with Gasteiger partial charge in [-0.2, -0.15) is 0 Å². The van der Waals surface area contributed by atoms with Gasteiger partial charge in [-0.25, -0.2) is 0 Å². The van der Waals surface area contributed by atoms with Crippen molar-refractivity contribution in [1.82, 2.24) is 4.90 Å². The monoisotopic (exact) mass is 350 g/mol. The molecule has 1 N–H and O–H groups in total. The zero-order chi connectivity index (χ0) is 18.2. The number of carbonyl (C=O) groups excluding carboxylic acids is 1. The number of likely N-dealkylation sites (N-methyl/N-ethyl adjacent to an activating group) is 1. The van der Waals surface area contributed by atoms with E-state index in [1.807, 2.05) is 32.0 Å². The van der Waals surface area contributed by atoms with Crippen molar-refractivity contribution in [2.75, 3.05) is 7.05 Å². The normalized spacial score (nSPS) is 11.5. The number of fused-ring (bicyclic) bond motifs is 1. The van der Waals surface area contributed by atoms with Crippen molar-refractivity contribution in [1.29, 1.82) is 5.41 Å². The van der Waals surface area contributed by atoms with Crippen LogP contribution >= 0.6 is 11.3 Å². The van der Waals surface area contributed by atoms with Gasteiger partial charge in [0.05, 0.1) is 11.3 Å². The predicted octanol–water partition coefficient (Wildman–Crippen LogP) is 5.30. The zero-order valence-corrected chi connectivity index (χ0v) is 15.8. The van der Waals surface area contributed by atoms with Gasteiger partial charge in [-0.15, -0.1) is 11.3 Å². The molecule has 0 saturated carbocycles. The number of hydrogen-bond donors (Lipinski definition) is 1. The van der Waals surface area contributed by atoms with Crippen LogP contribution in [0.3, 0.4) is 0 Å². The molecule has 0 spiro atoms. The highest BCUT2D eigenvalue weighted by atomic mass is 32.1. The number of thiophene rings is 1. The first-order valence-electron chi connectivity index (χ1n) is 8.23. The lowest BCUT2D eigenvalue weighted by Crippen LogP contribution is -2.43. The van der Waals surface area contributed by atoms with Gasteiger partial charge in [-0.3, -0.25) is 10.2 Å². The van der Waals surface area contributed by atoms with Gasteiger partial charge >= 0.3 is 0 Å². The second-order valence-electron chi connectivity index (χ2n) is 6.80. The summed E-state index contributed by atoms with van der Waals surface area (Å²) in [6.07, 6.45) is 0. The highest BCUT2D eigenvalue weighted by Gasteiger charge is 2.33. The fraction of sp³-hybridized carbons (Fsp3) is 0.238. The van der Waals surface area contributed by atoms with E-state index in [2.05, 4.69) is 36.4 Å². The first-order valence-corrected chi connectivity index (χ1v) is 9.05. The van der Waals surface area contributed by atoms with Crippen LogP contribution in [0.5, 0.6) is 0 Å². The molecule has 0 aliphatic heterocycles. The molecule has 3 nitrogen and oxygen atoms in total. The van der Waals surface area contributed by atoms with Crippen LogP contribution in [0.25, 0.3) is 20.5 Å². The molecule has 0 fully saturated rings. The summed E-state index contributed by atoms with van der Waals surface area (Å²) >= 11 is 1.76. The average Bonchev–Trinajstić information content (AvgIpc) is 3.04. The Kier molecular flexibility index (Phi) is 4.48. The molecule has 4 heteroatoms. The second-order valence-corrected chi connectivity index (χ2v) is 7.89. The third-order valence-corrected chi connectivity index (χ3v) is 5.80. The van der Waals surface area contributed by atoms with Crippen LogP contribution in [-0.2, 0) is 10.2 Å². The fourth-order valence-corrected chi connectivity index (χ4v) is 3.94. The maximum absolute atomic E-state index is 12.8. The molecule has 25 heavy (non-hydrogen) atoms. The Hall–Kier alpha value is -2.46. The number of amides is 1. The van der Waals surface area contributed by atoms with E-state index in [1.165, 1.54) is 19.9 Å².